The van der Waals surface area contributed by atoms with Gasteiger partial charge < -0.3 is 25.0 Å². The highest BCUT2D eigenvalue weighted by Crippen LogP contribution is 2.38. The van der Waals surface area contributed by atoms with Crippen LogP contribution >= 0.6 is 0 Å². The molecule has 32 heavy (non-hydrogen) atoms. The van der Waals surface area contributed by atoms with E-state index in [-0.39, 0.29) is 18.5 Å². The summed E-state index contributed by atoms with van der Waals surface area (Å²) in [6.07, 6.45) is 0.898. The number of urea groups is 1. The minimum atomic E-state index is -0.626. The number of benzene rings is 2. The molecule has 2 N–H and O–H groups in total. The summed E-state index contributed by atoms with van der Waals surface area (Å²) in [5.41, 5.74) is 1.68. The summed E-state index contributed by atoms with van der Waals surface area (Å²) in [4.78, 5) is 27.3. The van der Waals surface area contributed by atoms with E-state index in [9.17, 15) is 9.59 Å². The van der Waals surface area contributed by atoms with E-state index in [1.165, 1.54) is 0 Å². The van der Waals surface area contributed by atoms with Gasteiger partial charge in [0.15, 0.2) is 0 Å². The maximum Gasteiger partial charge on any atom is 0.319 e. The Hall–Kier alpha value is -3.22. The first kappa shape index (κ1) is 23.4. The maximum atomic E-state index is 13.1. The van der Waals surface area contributed by atoms with Crippen LogP contribution in [0.5, 0.6) is 11.5 Å². The number of methoxy groups -OCH3 is 1. The van der Waals surface area contributed by atoms with Gasteiger partial charge in [-0.2, -0.15) is 0 Å². The normalized spacial score (nSPS) is 14.9. The average molecular weight is 440 g/mol. The summed E-state index contributed by atoms with van der Waals surface area (Å²) in [6, 6.07) is 12.6. The second kappa shape index (κ2) is 9.94. The first-order chi connectivity index (χ1) is 15.2. The van der Waals surface area contributed by atoms with Gasteiger partial charge in [0.2, 0.25) is 5.91 Å². The number of fused-ring (bicyclic) bond motifs is 1. The largest absolute Gasteiger partial charge is 0.497 e. The van der Waals surface area contributed by atoms with E-state index in [0.717, 1.165) is 23.4 Å². The molecule has 7 heteroatoms. The van der Waals surface area contributed by atoms with Gasteiger partial charge in [0.05, 0.1) is 18.2 Å². The predicted octanol–water partition coefficient (Wildman–Crippen LogP) is 4.81. The molecule has 0 atom stereocenters. The zero-order valence-corrected chi connectivity index (χ0v) is 19.5. The average Bonchev–Trinajstić information content (AvgIpc) is 2.85. The third kappa shape index (κ3) is 5.72. The van der Waals surface area contributed by atoms with Crippen molar-refractivity contribution in [2.75, 3.05) is 30.5 Å². The second-order valence-corrected chi connectivity index (χ2v) is 9.15. The standard InChI is InChI=1S/C25H33N3O4/c1-17(2)12-13-28-21-11-8-19(14-22(21)32-16-25(3,4)23(28)29)27-24(30)26-15-18-6-9-20(31-5)10-7-18/h6-11,14,17H,12-13,15-16H2,1-5H3,(H2,26,27,30). The zero-order chi connectivity index (χ0) is 23.3. The van der Waals surface area contributed by atoms with Crippen molar-refractivity contribution in [1.82, 2.24) is 5.32 Å². The molecule has 1 aliphatic heterocycles. The maximum absolute atomic E-state index is 13.1. The molecule has 0 fully saturated rings. The van der Waals surface area contributed by atoms with E-state index in [2.05, 4.69) is 24.5 Å². The van der Waals surface area contributed by atoms with Gasteiger partial charge in [-0.1, -0.05) is 26.0 Å². The van der Waals surface area contributed by atoms with E-state index in [4.69, 9.17) is 9.47 Å². The summed E-state index contributed by atoms with van der Waals surface area (Å²) in [7, 11) is 1.62. The molecule has 3 rings (SSSR count). The summed E-state index contributed by atoms with van der Waals surface area (Å²) in [6.45, 7) is 9.38. The third-order valence-corrected chi connectivity index (χ3v) is 5.46. The molecule has 1 heterocycles. The molecule has 0 unspecified atom stereocenters. The summed E-state index contributed by atoms with van der Waals surface area (Å²) in [5.74, 6) is 1.90. The van der Waals surface area contributed by atoms with Crippen LogP contribution in [0.2, 0.25) is 0 Å². The number of ether oxygens (including phenoxy) is 2. The van der Waals surface area contributed by atoms with Crippen molar-refractivity contribution in [3.05, 3.63) is 48.0 Å². The zero-order valence-electron chi connectivity index (χ0n) is 19.5. The molecular weight excluding hydrogens is 406 g/mol. The van der Waals surface area contributed by atoms with Gasteiger partial charge in [0.25, 0.3) is 0 Å². The minimum Gasteiger partial charge on any atom is -0.497 e. The smallest absolute Gasteiger partial charge is 0.319 e. The molecule has 0 bridgehead atoms. The Morgan fingerprint density at radius 3 is 2.56 bits per heavy atom. The van der Waals surface area contributed by atoms with Crippen molar-refractivity contribution in [3.63, 3.8) is 0 Å². The highest BCUT2D eigenvalue weighted by atomic mass is 16.5. The Morgan fingerprint density at radius 2 is 1.91 bits per heavy atom. The summed E-state index contributed by atoms with van der Waals surface area (Å²) < 4.78 is 11.1. The minimum absolute atomic E-state index is 0.0508. The Kier molecular flexibility index (Phi) is 7.28. The molecule has 0 aliphatic carbocycles. The van der Waals surface area contributed by atoms with E-state index < -0.39 is 5.41 Å². The third-order valence-electron chi connectivity index (χ3n) is 5.46. The molecule has 2 aromatic rings. The quantitative estimate of drug-likeness (QED) is 0.649. The number of hydrogen-bond acceptors (Lipinski definition) is 4. The van der Waals surface area contributed by atoms with Gasteiger partial charge in [-0.05, 0) is 56.0 Å². The van der Waals surface area contributed by atoms with Crippen LogP contribution in [0, 0.1) is 11.3 Å². The summed E-state index contributed by atoms with van der Waals surface area (Å²) in [5, 5.41) is 5.69. The van der Waals surface area contributed by atoms with Gasteiger partial charge in [-0.15, -0.1) is 0 Å². The topological polar surface area (TPSA) is 79.9 Å². The van der Waals surface area contributed by atoms with Crippen LogP contribution in [0.15, 0.2) is 42.5 Å². The number of amides is 3. The van der Waals surface area contributed by atoms with Crippen LogP contribution in [0.1, 0.15) is 39.7 Å². The number of hydrogen-bond donors (Lipinski definition) is 2. The highest BCUT2D eigenvalue weighted by molar-refractivity contribution is 6.00. The fourth-order valence-corrected chi connectivity index (χ4v) is 3.44. The number of nitrogens with one attached hydrogen (secondary N) is 2. The van der Waals surface area contributed by atoms with Gasteiger partial charge in [-0.3, -0.25) is 4.79 Å². The Balaban J connectivity index is 1.70. The molecule has 2 aromatic carbocycles. The lowest BCUT2D eigenvalue weighted by Crippen LogP contribution is -2.42. The first-order valence-corrected chi connectivity index (χ1v) is 11.0. The Labute approximate surface area is 190 Å². The molecule has 0 radical (unpaired) electrons. The monoisotopic (exact) mass is 439 g/mol. The molecule has 0 saturated heterocycles. The van der Waals surface area contributed by atoms with Crippen molar-refractivity contribution in [1.29, 1.82) is 0 Å². The number of nitrogens with zero attached hydrogens (tertiary/aromatic N) is 1. The molecule has 172 valence electrons. The van der Waals surface area contributed by atoms with Crippen LogP contribution < -0.4 is 25.0 Å². The molecule has 3 amide bonds. The van der Waals surface area contributed by atoms with Crippen LogP contribution in [-0.2, 0) is 11.3 Å². The molecule has 1 aliphatic rings. The van der Waals surface area contributed by atoms with Gasteiger partial charge in [0, 0.05) is 24.8 Å². The predicted molar refractivity (Wildman–Crippen MR) is 126 cm³/mol. The lowest BCUT2D eigenvalue weighted by atomic mass is 9.92. The van der Waals surface area contributed by atoms with Crippen LogP contribution in [0.4, 0.5) is 16.2 Å². The van der Waals surface area contributed by atoms with Crippen LogP contribution in [-0.4, -0.2) is 32.2 Å². The van der Waals surface area contributed by atoms with Crippen LogP contribution in [0.25, 0.3) is 0 Å². The summed E-state index contributed by atoms with van der Waals surface area (Å²) >= 11 is 0. The number of anilines is 2. The van der Waals surface area contributed by atoms with E-state index in [0.29, 0.717) is 30.4 Å². The van der Waals surface area contributed by atoms with Crippen LogP contribution in [0.3, 0.4) is 0 Å². The van der Waals surface area contributed by atoms with Gasteiger partial charge >= 0.3 is 6.03 Å². The molecule has 0 saturated carbocycles. The molecular formula is C25H33N3O4. The van der Waals surface area contributed by atoms with E-state index in [1.54, 1.807) is 19.2 Å². The van der Waals surface area contributed by atoms with Crippen molar-refractivity contribution >= 4 is 23.3 Å². The van der Waals surface area contributed by atoms with Crippen molar-refractivity contribution < 1.29 is 19.1 Å². The highest BCUT2D eigenvalue weighted by Gasteiger charge is 2.37. The first-order valence-electron chi connectivity index (χ1n) is 11.0. The van der Waals surface area contributed by atoms with Gasteiger partial charge in [0.1, 0.15) is 18.1 Å². The second-order valence-electron chi connectivity index (χ2n) is 9.15. The Bertz CT molecular complexity index is 954. The van der Waals surface area contributed by atoms with E-state index in [1.807, 2.05) is 49.1 Å². The Morgan fingerprint density at radius 1 is 1.19 bits per heavy atom. The fraction of sp³-hybridized carbons (Fsp3) is 0.440. The van der Waals surface area contributed by atoms with Crippen molar-refractivity contribution in [2.24, 2.45) is 11.3 Å². The van der Waals surface area contributed by atoms with Crippen molar-refractivity contribution in [2.45, 2.75) is 40.7 Å². The molecule has 0 spiro atoms. The van der Waals surface area contributed by atoms with Gasteiger partial charge in [-0.25, -0.2) is 4.79 Å². The SMILES string of the molecule is COc1ccc(CNC(=O)Nc2ccc3c(c2)OCC(C)(C)C(=O)N3CCC(C)C)cc1. The molecule has 0 aromatic heterocycles. The number of carbonyl (C=O) groups excluding carboxylic acids is 2. The van der Waals surface area contributed by atoms with Crippen molar-refractivity contribution in [3.8, 4) is 11.5 Å². The number of carbonyl (C=O) groups is 2. The lowest BCUT2D eigenvalue weighted by Gasteiger charge is -2.28. The lowest BCUT2D eigenvalue weighted by molar-refractivity contribution is -0.127. The fourth-order valence-electron chi connectivity index (χ4n) is 3.44. The molecule has 7 nitrogen and oxygen atoms in total. The van der Waals surface area contributed by atoms with E-state index >= 15 is 0 Å². The number of rotatable bonds is 7.